The van der Waals surface area contributed by atoms with Crippen molar-refractivity contribution < 1.29 is 0 Å². The van der Waals surface area contributed by atoms with Crippen molar-refractivity contribution in [1.82, 2.24) is 4.90 Å². The quantitative estimate of drug-likeness (QED) is 0.696. The third-order valence-electron chi connectivity index (χ3n) is 3.91. The van der Waals surface area contributed by atoms with Gasteiger partial charge in [-0.3, -0.25) is 4.99 Å². The van der Waals surface area contributed by atoms with Crippen molar-refractivity contribution in [1.29, 1.82) is 0 Å². The van der Waals surface area contributed by atoms with Crippen molar-refractivity contribution in [3.8, 4) is 0 Å². The van der Waals surface area contributed by atoms with Gasteiger partial charge >= 0.3 is 0 Å². The molecular formula is C15H21N3. The first kappa shape index (κ1) is 11.6. The van der Waals surface area contributed by atoms with Crippen LogP contribution in [0.1, 0.15) is 24.8 Å². The summed E-state index contributed by atoms with van der Waals surface area (Å²) in [4.78, 5) is 9.63. The SMILES string of the molecule is CN1CCN=C(N2CCCCC2)c2ccccc21. The molecule has 2 heterocycles. The van der Waals surface area contributed by atoms with E-state index in [4.69, 9.17) is 4.99 Å². The van der Waals surface area contributed by atoms with Crippen LogP contribution < -0.4 is 4.90 Å². The molecule has 0 unspecified atom stereocenters. The molecule has 1 aromatic rings. The van der Waals surface area contributed by atoms with Gasteiger partial charge in [-0.2, -0.15) is 0 Å². The Labute approximate surface area is 109 Å². The van der Waals surface area contributed by atoms with Crippen molar-refractivity contribution in [2.24, 2.45) is 4.99 Å². The smallest absolute Gasteiger partial charge is 0.133 e. The van der Waals surface area contributed by atoms with E-state index >= 15 is 0 Å². The zero-order chi connectivity index (χ0) is 12.4. The number of piperidine rings is 1. The fourth-order valence-electron chi connectivity index (χ4n) is 2.88. The molecule has 0 aromatic heterocycles. The Morgan fingerprint density at radius 2 is 1.78 bits per heavy atom. The number of hydrogen-bond donors (Lipinski definition) is 0. The van der Waals surface area contributed by atoms with Gasteiger partial charge in [0.1, 0.15) is 5.84 Å². The number of aliphatic imine (C=N–C) groups is 1. The maximum absolute atomic E-state index is 4.84. The largest absolute Gasteiger partial charge is 0.372 e. The molecule has 0 amide bonds. The van der Waals surface area contributed by atoms with E-state index in [0.29, 0.717) is 0 Å². The van der Waals surface area contributed by atoms with Gasteiger partial charge in [-0.05, 0) is 31.4 Å². The van der Waals surface area contributed by atoms with Gasteiger partial charge in [0, 0.05) is 37.9 Å². The molecule has 0 radical (unpaired) electrons. The number of likely N-dealkylation sites (tertiary alicyclic amines) is 1. The summed E-state index contributed by atoms with van der Waals surface area (Å²) in [5.41, 5.74) is 2.62. The van der Waals surface area contributed by atoms with Crippen LogP contribution in [-0.4, -0.2) is 44.0 Å². The van der Waals surface area contributed by atoms with E-state index in [1.54, 1.807) is 0 Å². The highest BCUT2D eigenvalue weighted by Gasteiger charge is 2.21. The fraction of sp³-hybridized carbons (Fsp3) is 0.533. The van der Waals surface area contributed by atoms with Gasteiger partial charge in [0.2, 0.25) is 0 Å². The molecule has 2 aliphatic rings. The van der Waals surface area contributed by atoms with Gasteiger partial charge in [-0.15, -0.1) is 0 Å². The molecule has 3 heteroatoms. The Bertz CT molecular complexity index is 447. The molecule has 0 aliphatic carbocycles. The van der Waals surface area contributed by atoms with Crippen molar-refractivity contribution in [3.05, 3.63) is 29.8 Å². The van der Waals surface area contributed by atoms with Gasteiger partial charge in [0.15, 0.2) is 0 Å². The van der Waals surface area contributed by atoms with Crippen molar-refractivity contribution in [2.45, 2.75) is 19.3 Å². The Morgan fingerprint density at radius 3 is 2.61 bits per heavy atom. The summed E-state index contributed by atoms with van der Waals surface area (Å²) in [5.74, 6) is 1.22. The number of benzene rings is 1. The molecule has 0 saturated carbocycles. The topological polar surface area (TPSA) is 18.8 Å². The summed E-state index contributed by atoms with van der Waals surface area (Å²) in [5, 5.41) is 0. The van der Waals surface area contributed by atoms with Gasteiger partial charge in [0.05, 0.1) is 6.54 Å². The second kappa shape index (κ2) is 5.01. The standard InChI is InChI=1S/C15H21N3/c1-17-12-9-16-15(18-10-5-2-6-11-18)13-7-3-4-8-14(13)17/h3-4,7-8H,2,5-6,9-12H2,1H3. The molecule has 1 aromatic carbocycles. The minimum absolute atomic E-state index is 0.900. The molecule has 0 bridgehead atoms. The first-order chi connectivity index (χ1) is 8.86. The Morgan fingerprint density at radius 1 is 1.00 bits per heavy atom. The van der Waals surface area contributed by atoms with Crippen LogP contribution in [0.3, 0.4) is 0 Å². The maximum atomic E-state index is 4.84. The van der Waals surface area contributed by atoms with Crippen LogP contribution in [0.25, 0.3) is 0 Å². The lowest BCUT2D eigenvalue weighted by Gasteiger charge is -2.30. The Kier molecular flexibility index (Phi) is 3.22. The van der Waals surface area contributed by atoms with Crippen LogP contribution in [0, 0.1) is 0 Å². The molecule has 96 valence electrons. The zero-order valence-corrected chi connectivity index (χ0v) is 11.1. The van der Waals surface area contributed by atoms with E-state index in [2.05, 4.69) is 41.1 Å². The molecule has 1 fully saturated rings. The van der Waals surface area contributed by atoms with Gasteiger partial charge in [-0.25, -0.2) is 0 Å². The molecule has 18 heavy (non-hydrogen) atoms. The lowest BCUT2D eigenvalue weighted by Crippen LogP contribution is -2.36. The molecule has 1 saturated heterocycles. The van der Waals surface area contributed by atoms with Crippen LogP contribution in [0.4, 0.5) is 5.69 Å². The van der Waals surface area contributed by atoms with Crippen molar-refractivity contribution >= 4 is 11.5 Å². The highest BCUT2D eigenvalue weighted by Crippen LogP contribution is 2.25. The van der Waals surface area contributed by atoms with E-state index in [1.807, 2.05) is 0 Å². The molecule has 0 spiro atoms. The summed E-state index contributed by atoms with van der Waals surface area (Å²) >= 11 is 0. The number of hydrogen-bond acceptors (Lipinski definition) is 3. The minimum Gasteiger partial charge on any atom is -0.372 e. The Balaban J connectivity index is 1.98. The lowest BCUT2D eigenvalue weighted by atomic mass is 10.1. The van der Waals surface area contributed by atoms with E-state index < -0.39 is 0 Å². The predicted molar refractivity (Wildman–Crippen MR) is 76.5 cm³/mol. The predicted octanol–water partition coefficient (Wildman–Crippen LogP) is 2.37. The third-order valence-corrected chi connectivity index (χ3v) is 3.91. The fourth-order valence-corrected chi connectivity index (χ4v) is 2.88. The molecular weight excluding hydrogens is 222 g/mol. The maximum Gasteiger partial charge on any atom is 0.133 e. The van der Waals surface area contributed by atoms with E-state index in [-0.39, 0.29) is 0 Å². The first-order valence-electron chi connectivity index (χ1n) is 6.96. The zero-order valence-electron chi connectivity index (χ0n) is 11.1. The van der Waals surface area contributed by atoms with Crippen molar-refractivity contribution in [2.75, 3.05) is 38.1 Å². The van der Waals surface area contributed by atoms with E-state index in [0.717, 1.165) is 26.2 Å². The normalized spacial score (nSPS) is 20.2. The van der Waals surface area contributed by atoms with Crippen LogP contribution in [-0.2, 0) is 0 Å². The van der Waals surface area contributed by atoms with Crippen LogP contribution >= 0.6 is 0 Å². The molecule has 2 aliphatic heterocycles. The van der Waals surface area contributed by atoms with Crippen molar-refractivity contribution in [3.63, 3.8) is 0 Å². The number of nitrogens with zero attached hydrogens (tertiary/aromatic N) is 3. The lowest BCUT2D eigenvalue weighted by molar-refractivity contribution is 0.342. The monoisotopic (exact) mass is 243 g/mol. The highest BCUT2D eigenvalue weighted by atomic mass is 15.2. The highest BCUT2D eigenvalue weighted by molar-refractivity contribution is 6.04. The van der Waals surface area contributed by atoms with Crippen LogP contribution in [0.15, 0.2) is 29.3 Å². The van der Waals surface area contributed by atoms with Gasteiger partial charge in [-0.1, -0.05) is 12.1 Å². The number of amidine groups is 1. The van der Waals surface area contributed by atoms with E-state index in [1.165, 1.54) is 36.3 Å². The van der Waals surface area contributed by atoms with E-state index in [9.17, 15) is 0 Å². The van der Waals surface area contributed by atoms with Gasteiger partial charge < -0.3 is 9.80 Å². The van der Waals surface area contributed by atoms with Crippen LogP contribution in [0.5, 0.6) is 0 Å². The summed E-state index contributed by atoms with van der Waals surface area (Å²) in [6.07, 6.45) is 3.97. The average Bonchev–Trinajstić information content (AvgIpc) is 2.60. The number of rotatable bonds is 0. The number of likely N-dealkylation sites (N-methyl/N-ethyl adjacent to an activating group) is 1. The second-order valence-electron chi connectivity index (χ2n) is 5.19. The summed E-state index contributed by atoms with van der Waals surface area (Å²) in [7, 11) is 2.16. The second-order valence-corrected chi connectivity index (χ2v) is 5.19. The first-order valence-corrected chi connectivity index (χ1v) is 6.96. The molecule has 0 atom stereocenters. The average molecular weight is 243 g/mol. The molecule has 0 N–H and O–H groups in total. The number of fused-ring (bicyclic) bond motifs is 1. The molecule has 3 rings (SSSR count). The third kappa shape index (κ3) is 2.09. The number of anilines is 1. The summed E-state index contributed by atoms with van der Waals surface area (Å²) in [6.45, 7) is 4.24. The summed E-state index contributed by atoms with van der Waals surface area (Å²) in [6, 6.07) is 8.66. The van der Waals surface area contributed by atoms with Crippen LogP contribution in [0.2, 0.25) is 0 Å². The number of para-hydroxylation sites is 1. The summed E-state index contributed by atoms with van der Waals surface area (Å²) < 4.78 is 0. The Hall–Kier alpha value is -1.51. The minimum atomic E-state index is 0.900. The number of benzodiazepines with no additional fused rings is 1. The molecule has 3 nitrogen and oxygen atoms in total. The van der Waals surface area contributed by atoms with Gasteiger partial charge in [0.25, 0.3) is 0 Å².